The van der Waals surface area contributed by atoms with Crippen LogP contribution in [0, 0.1) is 6.92 Å². The molecule has 1 amide bonds. The van der Waals surface area contributed by atoms with Gasteiger partial charge in [-0.15, -0.1) is 0 Å². The van der Waals surface area contributed by atoms with Gasteiger partial charge in [0.05, 0.1) is 21.8 Å². The van der Waals surface area contributed by atoms with E-state index < -0.39 is 5.91 Å². The van der Waals surface area contributed by atoms with Gasteiger partial charge in [-0.3, -0.25) is 4.79 Å². The summed E-state index contributed by atoms with van der Waals surface area (Å²) in [5.41, 5.74) is 6.07. The molecule has 9 heteroatoms. The lowest BCUT2D eigenvalue weighted by Crippen LogP contribution is -2.16. The molecular weight excluding hydrogens is 644 g/mol. The third-order valence-electron chi connectivity index (χ3n) is 4.97. The third-order valence-corrected chi connectivity index (χ3v) is 6.61. The quantitative estimate of drug-likeness (QED) is 0.154. The van der Waals surface area contributed by atoms with Crippen molar-refractivity contribution in [1.29, 1.82) is 0 Å². The molecule has 0 saturated carbocycles. The van der Waals surface area contributed by atoms with Gasteiger partial charge in [-0.2, -0.15) is 5.10 Å². The second-order valence-corrected chi connectivity index (χ2v) is 10.3. The number of carbonyl (C=O) groups excluding carboxylic acids is 1. The molecule has 1 heterocycles. The summed E-state index contributed by atoms with van der Waals surface area (Å²) < 4.78 is 19.9. The number of hydrogen-bond donors (Lipinski definition) is 1. The Morgan fingerprint density at radius 3 is 2.54 bits per heavy atom. The number of carbonyl (C=O) groups is 1. The van der Waals surface area contributed by atoms with Gasteiger partial charge < -0.3 is 13.9 Å². The van der Waals surface area contributed by atoms with Crippen molar-refractivity contribution in [3.63, 3.8) is 0 Å². The van der Waals surface area contributed by atoms with Crippen molar-refractivity contribution in [1.82, 2.24) is 5.43 Å². The highest BCUT2D eigenvalue weighted by Gasteiger charge is 2.15. The predicted molar refractivity (Wildman–Crippen MR) is 147 cm³/mol. The largest absolute Gasteiger partial charge is 0.490 e. The van der Waals surface area contributed by atoms with E-state index in [-0.39, 0.29) is 5.76 Å². The number of nitrogens with one attached hydrogen (secondary N) is 1. The van der Waals surface area contributed by atoms with Crippen LogP contribution in [-0.2, 0) is 6.61 Å². The summed E-state index contributed by atoms with van der Waals surface area (Å²) in [6, 6.07) is 17.2. The number of benzene rings is 3. The lowest BCUT2D eigenvalue weighted by atomic mass is 10.2. The highest BCUT2D eigenvalue weighted by molar-refractivity contribution is 9.11. The van der Waals surface area contributed by atoms with Crippen molar-refractivity contribution in [2.75, 3.05) is 6.61 Å². The summed E-state index contributed by atoms with van der Waals surface area (Å²) in [5, 5.41) is 4.88. The Kier molecular flexibility index (Phi) is 8.30. The first-order valence-electron chi connectivity index (χ1n) is 10.7. The SMILES string of the molecule is CCOc1cc(/C=N\NC(=O)c2cc3cc(Br)cc(Br)c3o2)cc(Br)c1OCc1ccc(C)cc1. The second kappa shape index (κ2) is 11.4. The second-order valence-electron chi connectivity index (χ2n) is 7.65. The number of aryl methyl sites for hydroxylation is 1. The van der Waals surface area contributed by atoms with Gasteiger partial charge in [0.2, 0.25) is 0 Å². The molecule has 0 atom stereocenters. The standard InChI is InChI=1S/C26H21Br3N2O4/c1-3-33-22-9-17(8-20(28)25(22)34-14-16-6-4-15(2)5-7-16)13-30-31-26(32)23-11-18-10-19(27)12-21(29)24(18)35-23/h4-13H,3,14H2,1-2H3,(H,31,32)/b30-13-. The lowest BCUT2D eigenvalue weighted by molar-refractivity contribution is 0.0929. The molecule has 0 unspecified atom stereocenters. The normalized spacial score (nSPS) is 11.2. The first kappa shape index (κ1) is 25.5. The summed E-state index contributed by atoms with van der Waals surface area (Å²) in [6.45, 7) is 4.84. The van der Waals surface area contributed by atoms with Crippen LogP contribution < -0.4 is 14.9 Å². The fraction of sp³-hybridized carbons (Fsp3) is 0.154. The zero-order valence-corrected chi connectivity index (χ0v) is 23.7. The molecule has 180 valence electrons. The topological polar surface area (TPSA) is 73.1 Å². The summed E-state index contributed by atoms with van der Waals surface area (Å²) in [6.07, 6.45) is 1.53. The van der Waals surface area contributed by atoms with Crippen molar-refractivity contribution in [3.05, 3.63) is 90.5 Å². The Labute approximate surface area is 228 Å². The molecule has 0 bridgehead atoms. The maximum atomic E-state index is 12.5. The molecule has 0 aliphatic rings. The number of rotatable bonds is 8. The fourth-order valence-corrected chi connectivity index (χ4v) is 5.23. The number of amides is 1. The summed E-state index contributed by atoms with van der Waals surface area (Å²) >= 11 is 10.4. The average Bonchev–Trinajstić information content (AvgIpc) is 3.24. The monoisotopic (exact) mass is 662 g/mol. The number of nitrogens with zero attached hydrogens (tertiary/aromatic N) is 1. The lowest BCUT2D eigenvalue weighted by Gasteiger charge is -2.14. The van der Waals surface area contributed by atoms with Crippen LogP contribution >= 0.6 is 47.8 Å². The van der Waals surface area contributed by atoms with E-state index in [1.165, 1.54) is 11.8 Å². The number of halogens is 3. The van der Waals surface area contributed by atoms with Crippen LogP contribution in [0.1, 0.15) is 34.2 Å². The maximum absolute atomic E-state index is 12.5. The molecule has 35 heavy (non-hydrogen) atoms. The predicted octanol–water partition coefficient (Wildman–Crippen LogP) is 7.77. The molecule has 0 radical (unpaired) electrons. The van der Waals surface area contributed by atoms with Crippen LogP contribution in [0.15, 0.2) is 77.5 Å². The number of fused-ring (bicyclic) bond motifs is 1. The number of furan rings is 1. The van der Waals surface area contributed by atoms with E-state index in [2.05, 4.69) is 58.3 Å². The molecule has 1 N–H and O–H groups in total. The van der Waals surface area contributed by atoms with E-state index >= 15 is 0 Å². The van der Waals surface area contributed by atoms with Gasteiger partial charge in [0.1, 0.15) is 12.2 Å². The molecule has 6 nitrogen and oxygen atoms in total. The Morgan fingerprint density at radius 1 is 1.03 bits per heavy atom. The zero-order valence-electron chi connectivity index (χ0n) is 18.9. The molecule has 3 aromatic carbocycles. The highest BCUT2D eigenvalue weighted by Crippen LogP contribution is 2.37. The molecule has 4 rings (SSSR count). The van der Waals surface area contributed by atoms with Crippen LogP contribution in [0.3, 0.4) is 0 Å². The molecular formula is C26H21Br3N2O4. The third kappa shape index (κ3) is 6.34. The van der Waals surface area contributed by atoms with Gasteiger partial charge >= 0.3 is 5.91 Å². The number of hydrazone groups is 1. The minimum atomic E-state index is -0.456. The van der Waals surface area contributed by atoms with E-state index in [1.54, 1.807) is 6.07 Å². The number of ether oxygens (including phenoxy) is 2. The number of hydrogen-bond acceptors (Lipinski definition) is 5. The Morgan fingerprint density at radius 2 is 1.80 bits per heavy atom. The van der Waals surface area contributed by atoms with Crippen molar-refractivity contribution < 1.29 is 18.7 Å². The van der Waals surface area contributed by atoms with Crippen LogP contribution in [0.4, 0.5) is 0 Å². The minimum Gasteiger partial charge on any atom is -0.490 e. The van der Waals surface area contributed by atoms with Crippen molar-refractivity contribution >= 4 is 70.9 Å². The Hall–Kier alpha value is -2.62. The maximum Gasteiger partial charge on any atom is 0.307 e. The minimum absolute atomic E-state index is 0.159. The van der Waals surface area contributed by atoms with Crippen LogP contribution in [0.25, 0.3) is 11.0 Å². The molecule has 0 aliphatic heterocycles. The highest BCUT2D eigenvalue weighted by atomic mass is 79.9. The van der Waals surface area contributed by atoms with Crippen molar-refractivity contribution in [2.45, 2.75) is 20.5 Å². The zero-order chi connectivity index (χ0) is 24.9. The molecule has 0 aliphatic carbocycles. The van der Waals surface area contributed by atoms with E-state index in [4.69, 9.17) is 13.9 Å². The van der Waals surface area contributed by atoms with E-state index in [0.29, 0.717) is 30.3 Å². The van der Waals surface area contributed by atoms with Gasteiger partial charge in [0.15, 0.2) is 17.3 Å². The summed E-state index contributed by atoms with van der Waals surface area (Å²) in [7, 11) is 0. The van der Waals surface area contributed by atoms with Gasteiger partial charge in [-0.25, -0.2) is 5.43 Å². The van der Waals surface area contributed by atoms with E-state index in [1.807, 2.05) is 62.4 Å². The van der Waals surface area contributed by atoms with Crippen LogP contribution in [0.2, 0.25) is 0 Å². The average molecular weight is 665 g/mol. The summed E-state index contributed by atoms with van der Waals surface area (Å²) in [4.78, 5) is 12.5. The van der Waals surface area contributed by atoms with Crippen LogP contribution in [-0.4, -0.2) is 18.7 Å². The molecule has 0 saturated heterocycles. The Balaban J connectivity index is 1.47. The van der Waals surface area contributed by atoms with Gasteiger partial charge in [-0.1, -0.05) is 45.8 Å². The molecule has 4 aromatic rings. The molecule has 1 aromatic heterocycles. The Bertz CT molecular complexity index is 1400. The molecule has 0 fully saturated rings. The smallest absolute Gasteiger partial charge is 0.307 e. The van der Waals surface area contributed by atoms with Crippen LogP contribution in [0.5, 0.6) is 11.5 Å². The van der Waals surface area contributed by atoms with E-state index in [9.17, 15) is 4.79 Å². The van der Waals surface area contributed by atoms with Gasteiger partial charge in [0.25, 0.3) is 0 Å². The van der Waals surface area contributed by atoms with Crippen molar-refractivity contribution in [2.24, 2.45) is 5.10 Å². The van der Waals surface area contributed by atoms with Gasteiger partial charge in [0, 0.05) is 9.86 Å². The summed E-state index contributed by atoms with van der Waals surface area (Å²) in [5.74, 6) is 0.886. The molecule has 0 spiro atoms. The fourth-order valence-electron chi connectivity index (χ4n) is 3.31. The van der Waals surface area contributed by atoms with Gasteiger partial charge in [-0.05, 0) is 87.2 Å². The van der Waals surface area contributed by atoms with E-state index in [0.717, 1.165) is 29.9 Å². The first-order valence-corrected chi connectivity index (χ1v) is 13.1. The first-order chi connectivity index (χ1) is 16.8. The van der Waals surface area contributed by atoms with Crippen molar-refractivity contribution in [3.8, 4) is 11.5 Å².